The largest absolute Gasteiger partial charge is 0.324 e. The molecule has 1 aromatic carbocycles. The van der Waals surface area contributed by atoms with Crippen LogP contribution >= 0.6 is 35.2 Å². The van der Waals surface area contributed by atoms with Gasteiger partial charge in [0.25, 0.3) is 0 Å². The summed E-state index contributed by atoms with van der Waals surface area (Å²) in [5, 5.41) is 2.18. The van der Waals surface area contributed by atoms with Crippen molar-refractivity contribution in [3.63, 3.8) is 0 Å². The van der Waals surface area contributed by atoms with E-state index in [9.17, 15) is 9.18 Å². The zero-order valence-corrected chi connectivity index (χ0v) is 10.5. The van der Waals surface area contributed by atoms with Crippen LogP contribution < -0.4 is 5.32 Å². The number of nitrogens with one attached hydrogen (secondary N) is 1. The maximum absolute atomic E-state index is 13.1. The van der Waals surface area contributed by atoms with Crippen molar-refractivity contribution in [2.45, 2.75) is 12.2 Å². The number of hydrogen-bond acceptors (Lipinski definition) is 2. The van der Waals surface area contributed by atoms with Crippen molar-refractivity contribution in [3.05, 3.63) is 27.6 Å². The molecule has 1 aromatic rings. The lowest BCUT2D eigenvalue weighted by molar-refractivity contribution is -0.115. The Bertz CT molecular complexity index is 357. The van der Waals surface area contributed by atoms with Gasteiger partial charge in [0.1, 0.15) is 5.82 Å². The molecular weight excluding hydrogens is 316 g/mol. The number of benzene rings is 1. The Hall–Kier alpha value is -0.300. The quantitative estimate of drug-likeness (QED) is 0.635. The minimum Gasteiger partial charge on any atom is -0.324 e. The molecule has 0 aromatic heterocycles. The summed E-state index contributed by atoms with van der Waals surface area (Å²) in [7, 11) is 0. The SMILES string of the molecule is CC(S)C(=O)Nc1cccc(F)c1I. The van der Waals surface area contributed by atoms with Gasteiger partial charge >= 0.3 is 0 Å². The third-order valence-electron chi connectivity index (χ3n) is 1.59. The lowest BCUT2D eigenvalue weighted by Gasteiger charge is -2.09. The summed E-state index contributed by atoms with van der Waals surface area (Å²) in [5.74, 6) is -0.577. The second kappa shape index (κ2) is 4.97. The number of carbonyl (C=O) groups is 1. The Labute approximate surface area is 101 Å². The van der Waals surface area contributed by atoms with E-state index in [1.54, 1.807) is 19.1 Å². The average Bonchev–Trinajstić information content (AvgIpc) is 2.12. The van der Waals surface area contributed by atoms with Crippen molar-refractivity contribution in [1.82, 2.24) is 0 Å². The van der Waals surface area contributed by atoms with Gasteiger partial charge in [-0.2, -0.15) is 12.6 Å². The summed E-state index contributed by atoms with van der Waals surface area (Å²) in [6.07, 6.45) is 0. The topological polar surface area (TPSA) is 29.1 Å². The predicted molar refractivity (Wildman–Crippen MR) is 66.2 cm³/mol. The Morgan fingerprint density at radius 1 is 1.64 bits per heavy atom. The van der Waals surface area contributed by atoms with E-state index in [1.165, 1.54) is 6.07 Å². The van der Waals surface area contributed by atoms with E-state index in [0.29, 0.717) is 9.26 Å². The standard InChI is InChI=1S/C9H9FINOS/c1-5(14)9(13)12-7-4-2-3-6(10)8(7)11/h2-5,14H,1H3,(H,12,13). The summed E-state index contributed by atoms with van der Waals surface area (Å²) in [5.41, 5.74) is 0.483. The number of hydrogen-bond donors (Lipinski definition) is 2. The predicted octanol–water partition coefficient (Wildman–Crippen LogP) is 2.69. The maximum Gasteiger partial charge on any atom is 0.236 e. The molecule has 0 saturated carbocycles. The Balaban J connectivity index is 2.87. The molecule has 2 nitrogen and oxygen atoms in total. The van der Waals surface area contributed by atoms with Gasteiger partial charge in [0.15, 0.2) is 0 Å². The highest BCUT2D eigenvalue weighted by atomic mass is 127. The number of carbonyl (C=O) groups excluding carboxylic acids is 1. The molecular formula is C9H9FINOS. The highest BCUT2D eigenvalue weighted by molar-refractivity contribution is 14.1. The monoisotopic (exact) mass is 325 g/mol. The second-order valence-electron chi connectivity index (χ2n) is 2.77. The van der Waals surface area contributed by atoms with Crippen LogP contribution in [0.4, 0.5) is 10.1 Å². The fourth-order valence-corrected chi connectivity index (χ4v) is 1.40. The summed E-state index contributed by atoms with van der Waals surface area (Å²) in [6, 6.07) is 4.55. The van der Waals surface area contributed by atoms with Gasteiger partial charge in [-0.15, -0.1) is 0 Å². The number of rotatable bonds is 2. The van der Waals surface area contributed by atoms with Crippen LogP contribution in [0.2, 0.25) is 0 Å². The summed E-state index contributed by atoms with van der Waals surface area (Å²) < 4.78 is 13.5. The molecule has 0 fully saturated rings. The summed E-state index contributed by atoms with van der Waals surface area (Å²) >= 11 is 5.82. The number of anilines is 1. The molecule has 0 heterocycles. The molecule has 0 bridgehead atoms. The molecule has 1 N–H and O–H groups in total. The average molecular weight is 325 g/mol. The lowest BCUT2D eigenvalue weighted by Crippen LogP contribution is -2.21. The highest BCUT2D eigenvalue weighted by Crippen LogP contribution is 2.21. The van der Waals surface area contributed by atoms with E-state index >= 15 is 0 Å². The van der Waals surface area contributed by atoms with Gasteiger partial charge in [0.2, 0.25) is 5.91 Å². The van der Waals surface area contributed by atoms with E-state index in [0.717, 1.165) is 0 Å². The third kappa shape index (κ3) is 2.84. The summed E-state index contributed by atoms with van der Waals surface area (Å²) in [4.78, 5) is 11.3. The molecule has 1 rings (SSSR count). The van der Waals surface area contributed by atoms with Gasteiger partial charge in [0, 0.05) is 0 Å². The van der Waals surface area contributed by atoms with Crippen LogP contribution in [0.1, 0.15) is 6.92 Å². The zero-order valence-electron chi connectivity index (χ0n) is 7.42. The molecule has 76 valence electrons. The Morgan fingerprint density at radius 2 is 2.29 bits per heavy atom. The van der Waals surface area contributed by atoms with Crippen molar-refractivity contribution in [1.29, 1.82) is 0 Å². The third-order valence-corrected chi connectivity index (χ3v) is 2.92. The van der Waals surface area contributed by atoms with Crippen LogP contribution in [-0.2, 0) is 4.79 Å². The molecule has 0 radical (unpaired) electrons. The van der Waals surface area contributed by atoms with E-state index in [-0.39, 0.29) is 11.7 Å². The van der Waals surface area contributed by atoms with Crippen molar-refractivity contribution in [3.8, 4) is 0 Å². The van der Waals surface area contributed by atoms with Crippen LogP contribution in [-0.4, -0.2) is 11.2 Å². The van der Waals surface area contributed by atoms with Gasteiger partial charge in [-0.3, -0.25) is 4.79 Å². The molecule has 1 atom stereocenters. The van der Waals surface area contributed by atoms with E-state index in [2.05, 4.69) is 17.9 Å². The minimum absolute atomic E-state index is 0.239. The second-order valence-corrected chi connectivity index (χ2v) is 4.62. The molecule has 0 spiro atoms. The first-order valence-corrected chi connectivity index (χ1v) is 5.55. The van der Waals surface area contributed by atoms with Gasteiger partial charge < -0.3 is 5.32 Å². The number of thiol groups is 1. The first kappa shape index (κ1) is 11.8. The first-order chi connectivity index (χ1) is 6.52. The molecule has 0 aliphatic heterocycles. The van der Waals surface area contributed by atoms with E-state index in [1.807, 2.05) is 22.6 Å². The van der Waals surface area contributed by atoms with Crippen molar-refractivity contribution >= 4 is 46.8 Å². The molecule has 5 heteroatoms. The highest BCUT2D eigenvalue weighted by Gasteiger charge is 2.11. The molecule has 14 heavy (non-hydrogen) atoms. The fraction of sp³-hybridized carbons (Fsp3) is 0.222. The summed E-state index contributed by atoms with van der Waals surface area (Å²) in [6.45, 7) is 1.66. The van der Waals surface area contributed by atoms with Crippen molar-refractivity contribution in [2.75, 3.05) is 5.32 Å². The van der Waals surface area contributed by atoms with Crippen LogP contribution in [0.3, 0.4) is 0 Å². The normalized spacial score (nSPS) is 12.3. The molecule has 0 saturated heterocycles. The molecule has 1 amide bonds. The first-order valence-electron chi connectivity index (χ1n) is 3.95. The van der Waals surface area contributed by atoms with Crippen molar-refractivity contribution < 1.29 is 9.18 Å². The van der Waals surface area contributed by atoms with E-state index < -0.39 is 5.25 Å². The number of halogens is 2. The van der Waals surface area contributed by atoms with Crippen LogP contribution in [0.25, 0.3) is 0 Å². The smallest absolute Gasteiger partial charge is 0.236 e. The van der Waals surface area contributed by atoms with Gasteiger partial charge in [-0.05, 0) is 41.6 Å². The van der Waals surface area contributed by atoms with E-state index in [4.69, 9.17) is 0 Å². The Kier molecular flexibility index (Phi) is 4.18. The lowest BCUT2D eigenvalue weighted by atomic mass is 10.3. The maximum atomic E-state index is 13.1. The van der Waals surface area contributed by atoms with Crippen LogP contribution in [0.15, 0.2) is 18.2 Å². The van der Waals surface area contributed by atoms with Crippen molar-refractivity contribution in [2.24, 2.45) is 0 Å². The fourth-order valence-electron chi connectivity index (χ4n) is 0.838. The molecule has 0 aliphatic rings. The van der Waals surface area contributed by atoms with Gasteiger partial charge in [0.05, 0.1) is 14.5 Å². The Morgan fingerprint density at radius 3 is 2.86 bits per heavy atom. The zero-order chi connectivity index (χ0) is 10.7. The van der Waals surface area contributed by atoms with Gasteiger partial charge in [-0.25, -0.2) is 4.39 Å². The molecule has 0 aliphatic carbocycles. The van der Waals surface area contributed by atoms with Gasteiger partial charge in [-0.1, -0.05) is 6.07 Å². The van der Waals surface area contributed by atoms with Crippen LogP contribution in [0.5, 0.6) is 0 Å². The minimum atomic E-state index is -0.408. The van der Waals surface area contributed by atoms with Crippen LogP contribution in [0, 0.1) is 9.39 Å². The molecule has 1 unspecified atom stereocenters. The number of amides is 1.